The number of rotatable bonds is 3. The number of anilines is 1. The third-order valence-corrected chi connectivity index (χ3v) is 4.46. The average Bonchev–Trinajstić information content (AvgIpc) is 2.32. The Balaban J connectivity index is 2.09. The largest absolute Gasteiger partial charge is 0.381 e. The van der Waals surface area contributed by atoms with Gasteiger partial charge in [0, 0.05) is 21.2 Å². The lowest BCUT2D eigenvalue weighted by molar-refractivity contribution is 1.13. The zero-order valence-corrected chi connectivity index (χ0v) is 13.6. The van der Waals surface area contributed by atoms with Crippen LogP contribution in [0.25, 0.3) is 0 Å². The summed E-state index contributed by atoms with van der Waals surface area (Å²) in [5.41, 5.74) is 4.90. The average molecular weight is 369 g/mol. The molecular weight excluding hydrogens is 354 g/mol. The molecule has 1 nitrogen and oxygen atoms in total. The molecule has 2 aromatic carbocycles. The number of hydrogen-bond acceptors (Lipinski definition) is 1. The third kappa shape index (κ3) is 3.36. The predicted octanol–water partition coefficient (Wildman–Crippen LogP) is 5.44. The monoisotopic (exact) mass is 367 g/mol. The van der Waals surface area contributed by atoms with Crippen molar-refractivity contribution < 1.29 is 0 Å². The fourth-order valence-corrected chi connectivity index (χ4v) is 2.71. The first-order valence-electron chi connectivity index (χ1n) is 5.81. The standard InChI is InChI=1S/C15H15Br2N/c1-10-3-5-12(15(17)7-10)9-18-13-6-4-11(2)14(16)8-13/h3-8,18H,9H2,1-2H3. The quantitative estimate of drug-likeness (QED) is 0.760. The molecule has 0 saturated heterocycles. The lowest BCUT2D eigenvalue weighted by atomic mass is 10.1. The summed E-state index contributed by atoms with van der Waals surface area (Å²) in [6.07, 6.45) is 0. The van der Waals surface area contributed by atoms with Crippen LogP contribution in [-0.4, -0.2) is 0 Å². The molecule has 0 aliphatic heterocycles. The van der Waals surface area contributed by atoms with Crippen LogP contribution in [0.5, 0.6) is 0 Å². The first-order chi connectivity index (χ1) is 8.56. The van der Waals surface area contributed by atoms with E-state index in [1.165, 1.54) is 16.7 Å². The number of aryl methyl sites for hydroxylation is 2. The predicted molar refractivity (Wildman–Crippen MR) is 85.1 cm³/mol. The summed E-state index contributed by atoms with van der Waals surface area (Å²) in [5.74, 6) is 0. The van der Waals surface area contributed by atoms with Crippen molar-refractivity contribution in [3.8, 4) is 0 Å². The highest BCUT2D eigenvalue weighted by atomic mass is 79.9. The van der Waals surface area contributed by atoms with Crippen molar-refractivity contribution in [1.82, 2.24) is 0 Å². The maximum Gasteiger partial charge on any atom is 0.0411 e. The van der Waals surface area contributed by atoms with Crippen molar-refractivity contribution >= 4 is 37.5 Å². The molecule has 0 fully saturated rings. The van der Waals surface area contributed by atoms with Crippen LogP contribution in [0.1, 0.15) is 16.7 Å². The van der Waals surface area contributed by atoms with E-state index >= 15 is 0 Å². The minimum absolute atomic E-state index is 0.816. The summed E-state index contributed by atoms with van der Waals surface area (Å²) < 4.78 is 2.29. The SMILES string of the molecule is Cc1ccc(CNc2ccc(C)c(Br)c2)c(Br)c1. The molecule has 18 heavy (non-hydrogen) atoms. The highest BCUT2D eigenvalue weighted by molar-refractivity contribution is 9.10. The van der Waals surface area contributed by atoms with Gasteiger partial charge in [-0.05, 0) is 48.7 Å². The minimum atomic E-state index is 0.816. The molecule has 1 N–H and O–H groups in total. The Labute approximate surface area is 125 Å². The van der Waals surface area contributed by atoms with Crippen molar-refractivity contribution in [3.63, 3.8) is 0 Å². The molecule has 2 aromatic rings. The molecule has 0 bridgehead atoms. The summed E-state index contributed by atoms with van der Waals surface area (Å²) in [4.78, 5) is 0. The van der Waals surface area contributed by atoms with E-state index in [0.717, 1.165) is 21.2 Å². The van der Waals surface area contributed by atoms with Gasteiger partial charge in [0.1, 0.15) is 0 Å². The lowest BCUT2D eigenvalue weighted by Gasteiger charge is -2.10. The first kappa shape index (κ1) is 13.6. The molecule has 0 heterocycles. The molecule has 0 radical (unpaired) electrons. The van der Waals surface area contributed by atoms with Gasteiger partial charge in [0.05, 0.1) is 0 Å². The summed E-state index contributed by atoms with van der Waals surface area (Å²) in [5, 5.41) is 3.43. The van der Waals surface area contributed by atoms with E-state index in [-0.39, 0.29) is 0 Å². The Morgan fingerprint density at radius 1 is 0.944 bits per heavy atom. The maximum atomic E-state index is 3.60. The Morgan fingerprint density at radius 2 is 1.72 bits per heavy atom. The molecule has 0 atom stereocenters. The van der Waals surface area contributed by atoms with Gasteiger partial charge < -0.3 is 5.32 Å². The smallest absolute Gasteiger partial charge is 0.0411 e. The van der Waals surface area contributed by atoms with E-state index in [4.69, 9.17) is 0 Å². The Morgan fingerprint density at radius 3 is 2.39 bits per heavy atom. The summed E-state index contributed by atoms with van der Waals surface area (Å²) in [6, 6.07) is 12.7. The van der Waals surface area contributed by atoms with Gasteiger partial charge in [-0.3, -0.25) is 0 Å². The second-order valence-corrected chi connectivity index (χ2v) is 6.12. The number of hydrogen-bond donors (Lipinski definition) is 1. The maximum absolute atomic E-state index is 3.60. The zero-order chi connectivity index (χ0) is 13.1. The van der Waals surface area contributed by atoms with Gasteiger partial charge in [-0.2, -0.15) is 0 Å². The summed E-state index contributed by atoms with van der Waals surface area (Å²) >= 11 is 7.14. The van der Waals surface area contributed by atoms with E-state index in [0.29, 0.717) is 0 Å². The van der Waals surface area contributed by atoms with Crippen molar-refractivity contribution in [1.29, 1.82) is 0 Å². The van der Waals surface area contributed by atoms with E-state index in [1.807, 2.05) is 0 Å². The van der Waals surface area contributed by atoms with Gasteiger partial charge in [-0.25, -0.2) is 0 Å². The zero-order valence-electron chi connectivity index (χ0n) is 10.4. The number of nitrogens with one attached hydrogen (secondary N) is 1. The van der Waals surface area contributed by atoms with Crippen LogP contribution < -0.4 is 5.32 Å². The van der Waals surface area contributed by atoms with Gasteiger partial charge in [-0.1, -0.05) is 50.1 Å². The molecule has 0 unspecified atom stereocenters. The molecular formula is C15H15Br2N. The molecule has 0 aliphatic carbocycles. The lowest BCUT2D eigenvalue weighted by Crippen LogP contribution is -2.00. The van der Waals surface area contributed by atoms with E-state index in [1.54, 1.807) is 0 Å². The normalized spacial score (nSPS) is 10.4. The van der Waals surface area contributed by atoms with Gasteiger partial charge in [0.15, 0.2) is 0 Å². The van der Waals surface area contributed by atoms with Gasteiger partial charge in [0.25, 0.3) is 0 Å². The van der Waals surface area contributed by atoms with Gasteiger partial charge in [0.2, 0.25) is 0 Å². The van der Waals surface area contributed by atoms with Crippen LogP contribution in [0, 0.1) is 13.8 Å². The van der Waals surface area contributed by atoms with Gasteiger partial charge in [-0.15, -0.1) is 0 Å². The van der Waals surface area contributed by atoms with Crippen molar-refractivity contribution in [2.75, 3.05) is 5.32 Å². The van der Waals surface area contributed by atoms with Gasteiger partial charge >= 0.3 is 0 Å². The van der Waals surface area contributed by atoms with Crippen molar-refractivity contribution in [3.05, 3.63) is 62.0 Å². The highest BCUT2D eigenvalue weighted by Gasteiger charge is 2.01. The Hall–Kier alpha value is -0.800. The second kappa shape index (κ2) is 5.89. The second-order valence-electron chi connectivity index (χ2n) is 4.41. The molecule has 0 spiro atoms. The topological polar surface area (TPSA) is 12.0 Å². The van der Waals surface area contributed by atoms with Crippen LogP contribution >= 0.6 is 31.9 Å². The molecule has 0 amide bonds. The van der Waals surface area contributed by atoms with E-state index < -0.39 is 0 Å². The number of halogens is 2. The fraction of sp³-hybridized carbons (Fsp3) is 0.200. The van der Waals surface area contributed by atoms with Crippen LogP contribution in [0.3, 0.4) is 0 Å². The molecule has 94 valence electrons. The molecule has 2 rings (SSSR count). The number of benzene rings is 2. The minimum Gasteiger partial charge on any atom is -0.381 e. The molecule has 0 saturated carbocycles. The van der Waals surface area contributed by atoms with E-state index in [9.17, 15) is 0 Å². The van der Waals surface area contributed by atoms with Crippen LogP contribution in [0.15, 0.2) is 45.3 Å². The van der Waals surface area contributed by atoms with Crippen molar-refractivity contribution in [2.45, 2.75) is 20.4 Å². The third-order valence-electron chi connectivity index (χ3n) is 2.86. The fourth-order valence-electron chi connectivity index (χ4n) is 1.70. The van der Waals surface area contributed by atoms with Crippen molar-refractivity contribution in [2.24, 2.45) is 0 Å². The van der Waals surface area contributed by atoms with Crippen LogP contribution in [0.4, 0.5) is 5.69 Å². The summed E-state index contributed by atoms with van der Waals surface area (Å²) in [6.45, 7) is 5.00. The Kier molecular flexibility index (Phi) is 4.46. The molecule has 0 aliphatic rings. The Bertz CT molecular complexity index is 564. The first-order valence-corrected chi connectivity index (χ1v) is 7.40. The van der Waals surface area contributed by atoms with Crippen LogP contribution in [-0.2, 0) is 6.54 Å². The molecule has 3 heteroatoms. The molecule has 0 aromatic heterocycles. The highest BCUT2D eigenvalue weighted by Crippen LogP contribution is 2.23. The summed E-state index contributed by atoms with van der Waals surface area (Å²) in [7, 11) is 0. The van der Waals surface area contributed by atoms with E-state index in [2.05, 4.69) is 87.4 Å². The van der Waals surface area contributed by atoms with Crippen LogP contribution in [0.2, 0.25) is 0 Å².